The molecular weight excluding hydrogens is 268 g/mol. The number of benzene rings is 1. The van der Waals surface area contributed by atoms with Gasteiger partial charge in [0.05, 0.1) is 17.0 Å². The van der Waals surface area contributed by atoms with Crippen molar-refractivity contribution in [1.29, 1.82) is 0 Å². The standard InChI is InChI=1S/C12H18N2O4S/c1-12(14,11(13)15)6-7-18-9-4-3-5-10(8-9)19(2,16)17/h3-5,8H,6-7,14H2,1-2H3,(H2,13,15). The van der Waals surface area contributed by atoms with Crippen LogP contribution in [0.15, 0.2) is 29.2 Å². The molecule has 1 rings (SSSR count). The number of rotatable bonds is 6. The largest absolute Gasteiger partial charge is 0.493 e. The fourth-order valence-electron chi connectivity index (χ4n) is 1.30. The summed E-state index contributed by atoms with van der Waals surface area (Å²) in [6.45, 7) is 1.69. The van der Waals surface area contributed by atoms with E-state index in [1.54, 1.807) is 12.1 Å². The molecule has 1 aromatic rings. The van der Waals surface area contributed by atoms with E-state index in [1.165, 1.54) is 19.1 Å². The molecule has 0 bridgehead atoms. The van der Waals surface area contributed by atoms with E-state index in [-0.39, 0.29) is 17.9 Å². The van der Waals surface area contributed by atoms with Crippen molar-refractivity contribution in [3.05, 3.63) is 24.3 Å². The van der Waals surface area contributed by atoms with Crippen LogP contribution in [0.25, 0.3) is 0 Å². The minimum atomic E-state index is -3.27. The Hall–Kier alpha value is -1.60. The predicted octanol–water partition coefficient (Wildman–Crippen LogP) is 0.0617. The van der Waals surface area contributed by atoms with Crippen LogP contribution < -0.4 is 16.2 Å². The summed E-state index contributed by atoms with van der Waals surface area (Å²) in [5.41, 5.74) is 9.66. The zero-order chi connectivity index (χ0) is 14.7. The Morgan fingerprint density at radius 2 is 2.05 bits per heavy atom. The van der Waals surface area contributed by atoms with Crippen LogP contribution in [0, 0.1) is 0 Å². The number of amides is 1. The number of hydrogen-bond acceptors (Lipinski definition) is 5. The van der Waals surface area contributed by atoms with Crippen molar-refractivity contribution in [3.63, 3.8) is 0 Å². The van der Waals surface area contributed by atoms with Gasteiger partial charge in [-0.1, -0.05) is 6.07 Å². The van der Waals surface area contributed by atoms with E-state index in [9.17, 15) is 13.2 Å². The molecule has 1 unspecified atom stereocenters. The second-order valence-electron chi connectivity index (χ2n) is 4.63. The van der Waals surface area contributed by atoms with Crippen LogP contribution in [0.2, 0.25) is 0 Å². The van der Waals surface area contributed by atoms with E-state index in [1.807, 2.05) is 0 Å². The maximum atomic E-state index is 11.4. The van der Waals surface area contributed by atoms with Crippen LogP contribution in [-0.4, -0.2) is 32.7 Å². The molecule has 0 aliphatic rings. The molecule has 1 aromatic carbocycles. The van der Waals surface area contributed by atoms with Crippen LogP contribution in [0.1, 0.15) is 13.3 Å². The highest BCUT2D eigenvalue weighted by molar-refractivity contribution is 7.90. The molecule has 1 atom stereocenters. The lowest BCUT2D eigenvalue weighted by Gasteiger charge is -2.20. The van der Waals surface area contributed by atoms with Gasteiger partial charge in [0.15, 0.2) is 9.84 Å². The van der Waals surface area contributed by atoms with Gasteiger partial charge in [0.25, 0.3) is 0 Å². The highest BCUT2D eigenvalue weighted by atomic mass is 32.2. The van der Waals surface area contributed by atoms with Gasteiger partial charge in [0, 0.05) is 12.7 Å². The van der Waals surface area contributed by atoms with E-state index in [0.29, 0.717) is 5.75 Å². The van der Waals surface area contributed by atoms with Gasteiger partial charge in [0.1, 0.15) is 5.75 Å². The van der Waals surface area contributed by atoms with Gasteiger partial charge >= 0.3 is 0 Å². The van der Waals surface area contributed by atoms with Crippen molar-refractivity contribution < 1.29 is 17.9 Å². The molecule has 1 amide bonds. The van der Waals surface area contributed by atoms with Gasteiger partial charge in [-0.2, -0.15) is 0 Å². The number of carbonyl (C=O) groups is 1. The molecule has 0 aromatic heterocycles. The van der Waals surface area contributed by atoms with Crippen molar-refractivity contribution in [3.8, 4) is 5.75 Å². The van der Waals surface area contributed by atoms with Crippen molar-refractivity contribution in [1.82, 2.24) is 0 Å². The maximum Gasteiger partial charge on any atom is 0.237 e. The Morgan fingerprint density at radius 1 is 1.42 bits per heavy atom. The molecule has 4 N–H and O–H groups in total. The highest BCUT2D eigenvalue weighted by Gasteiger charge is 2.25. The van der Waals surface area contributed by atoms with Crippen molar-refractivity contribution in [2.75, 3.05) is 12.9 Å². The number of primary amides is 1. The average molecular weight is 286 g/mol. The minimum absolute atomic E-state index is 0.170. The Morgan fingerprint density at radius 3 is 2.58 bits per heavy atom. The van der Waals surface area contributed by atoms with Gasteiger partial charge in [-0.25, -0.2) is 8.42 Å². The van der Waals surface area contributed by atoms with E-state index >= 15 is 0 Å². The third-order valence-electron chi connectivity index (χ3n) is 2.69. The number of carbonyl (C=O) groups excluding carboxylic acids is 1. The summed E-state index contributed by atoms with van der Waals surface area (Å²) in [5.74, 6) is -0.204. The first-order valence-corrected chi connectivity index (χ1v) is 7.54. The molecule has 0 saturated heterocycles. The molecule has 7 heteroatoms. The molecule has 0 saturated carbocycles. The lowest BCUT2D eigenvalue weighted by Crippen LogP contribution is -2.50. The topological polar surface area (TPSA) is 112 Å². The molecule has 0 aliphatic heterocycles. The summed E-state index contributed by atoms with van der Waals surface area (Å²) in [6.07, 6.45) is 1.36. The lowest BCUT2D eigenvalue weighted by atomic mass is 9.99. The number of ether oxygens (including phenoxy) is 1. The van der Waals surface area contributed by atoms with Crippen molar-refractivity contribution in [2.45, 2.75) is 23.8 Å². The fourth-order valence-corrected chi connectivity index (χ4v) is 1.95. The zero-order valence-corrected chi connectivity index (χ0v) is 11.7. The predicted molar refractivity (Wildman–Crippen MR) is 71.5 cm³/mol. The van der Waals surface area contributed by atoms with Crippen molar-refractivity contribution in [2.24, 2.45) is 11.5 Å². The Kier molecular flexibility index (Phi) is 4.54. The highest BCUT2D eigenvalue weighted by Crippen LogP contribution is 2.18. The summed E-state index contributed by atoms with van der Waals surface area (Å²) in [5, 5.41) is 0. The molecule has 106 valence electrons. The number of sulfone groups is 1. The third kappa shape index (κ3) is 4.53. The lowest BCUT2D eigenvalue weighted by molar-refractivity contribution is -0.123. The van der Waals surface area contributed by atoms with E-state index < -0.39 is 21.3 Å². The second-order valence-corrected chi connectivity index (χ2v) is 6.64. The van der Waals surface area contributed by atoms with Gasteiger partial charge < -0.3 is 16.2 Å². The summed E-state index contributed by atoms with van der Waals surface area (Å²) in [4.78, 5) is 11.2. The Balaban J connectivity index is 2.67. The van der Waals surface area contributed by atoms with Crippen LogP contribution >= 0.6 is 0 Å². The van der Waals surface area contributed by atoms with Crippen LogP contribution in [0.3, 0.4) is 0 Å². The van der Waals surface area contributed by atoms with E-state index in [0.717, 1.165) is 6.26 Å². The zero-order valence-electron chi connectivity index (χ0n) is 10.9. The van der Waals surface area contributed by atoms with Crippen LogP contribution in [0.5, 0.6) is 5.75 Å². The third-order valence-corrected chi connectivity index (χ3v) is 3.80. The van der Waals surface area contributed by atoms with Gasteiger partial charge in [-0.05, 0) is 25.1 Å². The quantitative estimate of drug-likeness (QED) is 0.768. The number of nitrogens with two attached hydrogens (primary N) is 2. The molecule has 0 fully saturated rings. The minimum Gasteiger partial charge on any atom is -0.493 e. The summed E-state index contributed by atoms with van der Waals surface area (Å²) < 4.78 is 28.1. The molecule has 0 aliphatic carbocycles. The maximum absolute atomic E-state index is 11.4. The fraction of sp³-hybridized carbons (Fsp3) is 0.417. The Bertz CT molecular complexity index is 567. The van der Waals surface area contributed by atoms with Gasteiger partial charge in [0.2, 0.25) is 5.91 Å². The summed E-state index contributed by atoms with van der Waals surface area (Å²) in [6, 6.07) is 6.13. The molecule has 6 nitrogen and oxygen atoms in total. The second kappa shape index (κ2) is 5.58. The number of hydrogen-bond donors (Lipinski definition) is 2. The smallest absolute Gasteiger partial charge is 0.237 e. The normalized spacial score (nSPS) is 14.7. The molecule has 0 radical (unpaired) electrons. The van der Waals surface area contributed by atoms with Gasteiger partial charge in [-0.15, -0.1) is 0 Å². The van der Waals surface area contributed by atoms with E-state index in [2.05, 4.69) is 0 Å². The molecule has 0 spiro atoms. The first kappa shape index (κ1) is 15.5. The van der Waals surface area contributed by atoms with E-state index in [4.69, 9.17) is 16.2 Å². The first-order chi connectivity index (χ1) is 8.63. The molecule has 0 heterocycles. The summed E-state index contributed by atoms with van der Waals surface area (Å²) in [7, 11) is -3.27. The first-order valence-electron chi connectivity index (χ1n) is 5.64. The van der Waals surface area contributed by atoms with Crippen LogP contribution in [-0.2, 0) is 14.6 Å². The van der Waals surface area contributed by atoms with Crippen molar-refractivity contribution >= 4 is 15.7 Å². The van der Waals surface area contributed by atoms with Gasteiger partial charge in [-0.3, -0.25) is 4.79 Å². The van der Waals surface area contributed by atoms with Crippen LogP contribution in [0.4, 0.5) is 0 Å². The average Bonchev–Trinajstić information content (AvgIpc) is 2.28. The molecule has 19 heavy (non-hydrogen) atoms. The monoisotopic (exact) mass is 286 g/mol. The molecular formula is C12H18N2O4S. The summed E-state index contributed by atoms with van der Waals surface area (Å²) >= 11 is 0. The Labute approximate surface area is 112 Å². The SMILES string of the molecule is CC(N)(CCOc1cccc(S(C)(=O)=O)c1)C(N)=O.